The van der Waals surface area contributed by atoms with Gasteiger partial charge in [-0.1, -0.05) is 32.4 Å². The zero-order valence-electron chi connectivity index (χ0n) is 21.5. The molecular formula is C29H33FN2O4S. The molecule has 6 nitrogen and oxygen atoms in total. The lowest BCUT2D eigenvalue weighted by Crippen LogP contribution is -2.48. The first-order chi connectivity index (χ1) is 17.9. The molecule has 0 saturated carbocycles. The summed E-state index contributed by atoms with van der Waals surface area (Å²) in [6, 6.07) is 14.7. The Bertz CT molecular complexity index is 1230. The average molecular weight is 525 g/mol. The largest absolute Gasteiger partial charge is 0.497 e. The second-order valence-electron chi connectivity index (χ2n) is 9.35. The summed E-state index contributed by atoms with van der Waals surface area (Å²) in [5.74, 6) is 0.538. The van der Waals surface area contributed by atoms with Gasteiger partial charge < -0.3 is 19.3 Å². The van der Waals surface area contributed by atoms with Crippen molar-refractivity contribution in [2.24, 2.45) is 5.92 Å². The van der Waals surface area contributed by atoms with E-state index in [0.717, 1.165) is 18.4 Å². The summed E-state index contributed by atoms with van der Waals surface area (Å²) in [5, 5.41) is 2.02. The normalized spacial score (nSPS) is 15.6. The molecule has 8 heteroatoms. The summed E-state index contributed by atoms with van der Waals surface area (Å²) in [7, 11) is 1.56. The molecule has 0 spiro atoms. The van der Waals surface area contributed by atoms with Gasteiger partial charge in [0.25, 0.3) is 5.91 Å². The lowest BCUT2D eigenvalue weighted by Gasteiger charge is -2.37. The number of thiophene rings is 1. The molecule has 0 saturated heterocycles. The number of halogens is 1. The Morgan fingerprint density at radius 2 is 1.95 bits per heavy atom. The minimum Gasteiger partial charge on any atom is -0.497 e. The van der Waals surface area contributed by atoms with Crippen LogP contribution < -0.4 is 9.47 Å². The number of hydrogen-bond acceptors (Lipinski definition) is 5. The number of methoxy groups -OCH3 is 1. The molecule has 2 amide bonds. The van der Waals surface area contributed by atoms with Crippen molar-refractivity contribution in [1.29, 1.82) is 0 Å². The summed E-state index contributed by atoms with van der Waals surface area (Å²) in [6.07, 6.45) is 1.65. The molecule has 0 radical (unpaired) electrons. The van der Waals surface area contributed by atoms with Crippen LogP contribution in [0, 0.1) is 11.7 Å². The zero-order valence-corrected chi connectivity index (χ0v) is 22.3. The number of benzene rings is 2. The third kappa shape index (κ3) is 6.49. The highest BCUT2D eigenvalue weighted by Gasteiger charge is 2.34. The summed E-state index contributed by atoms with van der Waals surface area (Å²) in [5.41, 5.74) is 1.54. The molecule has 0 fully saturated rings. The molecule has 1 aliphatic rings. The summed E-state index contributed by atoms with van der Waals surface area (Å²) >= 11 is 1.67. The minimum absolute atomic E-state index is 0.0314. The molecule has 0 aliphatic carbocycles. The van der Waals surface area contributed by atoms with Gasteiger partial charge >= 0.3 is 0 Å². The predicted molar refractivity (Wildman–Crippen MR) is 143 cm³/mol. The fraction of sp³-hybridized carbons (Fsp3) is 0.379. The molecule has 0 N–H and O–H groups in total. The minimum atomic E-state index is -0.373. The van der Waals surface area contributed by atoms with E-state index in [4.69, 9.17) is 9.47 Å². The average Bonchev–Trinajstić information content (AvgIpc) is 3.40. The van der Waals surface area contributed by atoms with E-state index >= 15 is 0 Å². The summed E-state index contributed by atoms with van der Waals surface area (Å²) < 4.78 is 24.9. The smallest absolute Gasteiger partial charge is 0.254 e. The Labute approximate surface area is 221 Å². The Balaban J connectivity index is 1.55. The van der Waals surface area contributed by atoms with Crippen LogP contribution in [-0.2, 0) is 11.2 Å². The number of hydrogen-bond donors (Lipinski definition) is 0. The first-order valence-corrected chi connectivity index (χ1v) is 13.4. The van der Waals surface area contributed by atoms with Crippen molar-refractivity contribution in [3.8, 4) is 11.5 Å². The number of ether oxygens (including phenoxy) is 2. The first kappa shape index (κ1) is 26.7. The van der Waals surface area contributed by atoms with E-state index in [9.17, 15) is 14.0 Å². The third-order valence-electron chi connectivity index (χ3n) is 6.78. The highest BCUT2D eigenvalue weighted by atomic mass is 32.1. The Hall–Kier alpha value is -3.39. The van der Waals surface area contributed by atoms with Crippen LogP contribution in [0.5, 0.6) is 11.5 Å². The Kier molecular flexibility index (Phi) is 8.82. The summed E-state index contributed by atoms with van der Waals surface area (Å²) in [4.78, 5) is 31.9. The maximum Gasteiger partial charge on any atom is 0.254 e. The van der Waals surface area contributed by atoms with Crippen molar-refractivity contribution in [1.82, 2.24) is 9.80 Å². The third-order valence-corrected chi connectivity index (χ3v) is 7.77. The number of rotatable bonds is 10. The molecule has 3 aromatic rings. The van der Waals surface area contributed by atoms with E-state index in [1.54, 1.807) is 64.6 Å². The van der Waals surface area contributed by atoms with Gasteiger partial charge in [0.2, 0.25) is 5.91 Å². The fourth-order valence-electron chi connectivity index (χ4n) is 4.52. The van der Waals surface area contributed by atoms with Crippen LogP contribution in [0.25, 0.3) is 0 Å². The second kappa shape index (κ2) is 12.2. The summed E-state index contributed by atoms with van der Waals surface area (Å²) in [6.45, 7) is 5.33. The molecule has 1 aliphatic heterocycles. The van der Waals surface area contributed by atoms with Gasteiger partial charge in [-0.15, -0.1) is 11.3 Å². The highest BCUT2D eigenvalue weighted by molar-refractivity contribution is 7.10. The molecule has 2 atom stereocenters. The predicted octanol–water partition coefficient (Wildman–Crippen LogP) is 5.59. The first-order valence-electron chi connectivity index (χ1n) is 12.6. The molecule has 1 aromatic heterocycles. The van der Waals surface area contributed by atoms with Gasteiger partial charge in [-0.05, 0) is 59.7 Å². The highest BCUT2D eigenvalue weighted by Crippen LogP contribution is 2.34. The van der Waals surface area contributed by atoms with Gasteiger partial charge in [-0.3, -0.25) is 9.59 Å². The molecule has 196 valence electrons. The number of nitrogens with zero attached hydrogens (tertiary/aromatic N) is 2. The molecular weight excluding hydrogens is 491 g/mol. The zero-order chi connectivity index (χ0) is 26.4. The number of fused-ring (bicyclic) bond motifs is 1. The molecule has 0 unspecified atom stereocenters. The number of carbonyl (C=O) groups excluding carboxylic acids is 2. The van der Waals surface area contributed by atoms with Gasteiger partial charge in [0.05, 0.1) is 13.2 Å². The quantitative estimate of drug-likeness (QED) is 0.347. The van der Waals surface area contributed by atoms with E-state index in [2.05, 4.69) is 13.8 Å². The molecule has 2 heterocycles. The maximum atomic E-state index is 13.7. The van der Waals surface area contributed by atoms with Crippen LogP contribution >= 0.6 is 11.3 Å². The number of amides is 2. The van der Waals surface area contributed by atoms with Gasteiger partial charge in [0.15, 0.2) is 0 Å². The Morgan fingerprint density at radius 1 is 1.16 bits per heavy atom. The van der Waals surface area contributed by atoms with E-state index in [0.29, 0.717) is 30.2 Å². The van der Waals surface area contributed by atoms with Gasteiger partial charge in [-0.2, -0.15) is 0 Å². The Morgan fingerprint density at radius 3 is 2.70 bits per heavy atom. The van der Waals surface area contributed by atoms with Crippen LogP contribution in [0.15, 0.2) is 60.0 Å². The van der Waals surface area contributed by atoms with Crippen LogP contribution in [0.2, 0.25) is 0 Å². The van der Waals surface area contributed by atoms with Crippen molar-refractivity contribution in [3.05, 3.63) is 81.8 Å². The van der Waals surface area contributed by atoms with Crippen LogP contribution in [0.3, 0.4) is 0 Å². The van der Waals surface area contributed by atoms with Crippen molar-refractivity contribution < 1.29 is 23.5 Å². The van der Waals surface area contributed by atoms with Crippen molar-refractivity contribution in [2.75, 3.05) is 33.4 Å². The van der Waals surface area contributed by atoms with E-state index in [1.165, 1.54) is 17.0 Å². The molecule has 0 bridgehead atoms. The maximum absolute atomic E-state index is 13.7. The lowest BCUT2D eigenvalue weighted by atomic mass is 10.00. The van der Waals surface area contributed by atoms with Crippen molar-refractivity contribution >= 4 is 23.2 Å². The van der Waals surface area contributed by atoms with Gasteiger partial charge in [0, 0.05) is 29.6 Å². The topological polar surface area (TPSA) is 59.1 Å². The van der Waals surface area contributed by atoms with E-state index in [-0.39, 0.29) is 42.7 Å². The molecule has 2 aromatic carbocycles. The standard InChI is InChI=1S/C29H33FN2O4S/c1-4-20(2)17-31(29(34)21-7-5-9-23(15-21)35-3)18-28(33)32-13-11-27-25(12-14-37-27)26(32)19-36-24-10-6-8-22(30)16-24/h5-10,12,14-16,20,26H,4,11,13,17-19H2,1-3H3/t20-,26-/m0/s1. The van der Waals surface area contributed by atoms with Gasteiger partial charge in [-0.25, -0.2) is 4.39 Å². The molecule has 37 heavy (non-hydrogen) atoms. The fourth-order valence-corrected chi connectivity index (χ4v) is 5.45. The van der Waals surface area contributed by atoms with Crippen molar-refractivity contribution in [3.63, 3.8) is 0 Å². The van der Waals surface area contributed by atoms with Crippen LogP contribution in [0.1, 0.15) is 47.1 Å². The van der Waals surface area contributed by atoms with E-state index < -0.39 is 0 Å². The van der Waals surface area contributed by atoms with E-state index in [1.807, 2.05) is 11.4 Å². The van der Waals surface area contributed by atoms with Crippen molar-refractivity contribution in [2.45, 2.75) is 32.7 Å². The van der Waals surface area contributed by atoms with Gasteiger partial charge in [0.1, 0.15) is 30.5 Å². The monoisotopic (exact) mass is 524 g/mol. The van der Waals surface area contributed by atoms with Crippen LogP contribution in [-0.4, -0.2) is 55.0 Å². The molecule has 4 rings (SSSR count). The number of carbonyl (C=O) groups is 2. The second-order valence-corrected chi connectivity index (χ2v) is 10.4. The lowest BCUT2D eigenvalue weighted by molar-refractivity contribution is -0.135. The SMILES string of the molecule is CC[C@H](C)CN(CC(=O)N1CCc2sccc2[C@@H]1COc1cccc(F)c1)C(=O)c1cccc(OC)c1. The van der Waals surface area contributed by atoms with Crippen LogP contribution in [0.4, 0.5) is 4.39 Å².